The minimum absolute atomic E-state index is 0.0792. The highest BCUT2D eigenvalue weighted by Gasteiger charge is 2.13. The molecule has 5 nitrogen and oxygen atoms in total. The third kappa shape index (κ3) is 5.64. The van der Waals surface area contributed by atoms with Crippen LogP contribution in [0.2, 0.25) is 0 Å². The number of benzene rings is 2. The Morgan fingerprint density at radius 1 is 1.08 bits per heavy atom. The monoisotopic (exact) mass is 367 g/mol. The van der Waals surface area contributed by atoms with Crippen LogP contribution < -0.4 is 10.6 Å². The van der Waals surface area contributed by atoms with E-state index in [-0.39, 0.29) is 30.8 Å². The highest BCUT2D eigenvalue weighted by atomic mass is 32.2. The minimum Gasteiger partial charge on any atom is -0.354 e. The normalized spacial score (nSPS) is 10.2. The molecular formula is C20H21N3O2S. The van der Waals surface area contributed by atoms with Gasteiger partial charge in [-0.25, -0.2) is 0 Å². The third-order valence-corrected chi connectivity index (χ3v) is 4.60. The Hall–Kier alpha value is -2.78. The van der Waals surface area contributed by atoms with E-state index in [9.17, 15) is 14.9 Å². The highest BCUT2D eigenvalue weighted by molar-refractivity contribution is 7.99. The molecule has 0 fully saturated rings. The zero-order chi connectivity index (χ0) is 18.9. The van der Waals surface area contributed by atoms with Crippen LogP contribution in [-0.4, -0.2) is 24.4 Å². The zero-order valence-corrected chi connectivity index (χ0v) is 15.6. The average molecular weight is 367 g/mol. The van der Waals surface area contributed by atoms with Gasteiger partial charge in [-0.05, 0) is 38.1 Å². The van der Waals surface area contributed by atoms with Gasteiger partial charge in [-0.2, -0.15) is 5.26 Å². The lowest BCUT2D eigenvalue weighted by molar-refractivity contribution is -0.121. The molecule has 0 aliphatic rings. The molecule has 0 radical (unpaired) electrons. The molecule has 2 rings (SSSR count). The van der Waals surface area contributed by atoms with Crippen LogP contribution in [0.4, 0.5) is 0 Å². The van der Waals surface area contributed by atoms with Gasteiger partial charge in [-0.3, -0.25) is 9.59 Å². The van der Waals surface area contributed by atoms with Crippen molar-refractivity contribution >= 4 is 23.6 Å². The Balaban J connectivity index is 2.05. The SMILES string of the molecule is CC(C)NC(=O)CCNC(=O)c1ccccc1Sc1ccccc1C#N. The second-order valence-corrected chi connectivity index (χ2v) is 7.02. The number of carbonyl (C=O) groups excluding carboxylic acids is 2. The first-order valence-electron chi connectivity index (χ1n) is 8.35. The number of hydrogen-bond acceptors (Lipinski definition) is 4. The van der Waals surface area contributed by atoms with Crippen LogP contribution in [-0.2, 0) is 4.79 Å². The first-order valence-corrected chi connectivity index (χ1v) is 9.16. The van der Waals surface area contributed by atoms with Gasteiger partial charge in [-0.1, -0.05) is 36.0 Å². The molecule has 2 amide bonds. The first-order chi connectivity index (χ1) is 12.5. The fourth-order valence-electron chi connectivity index (χ4n) is 2.29. The molecule has 0 saturated carbocycles. The third-order valence-electron chi connectivity index (χ3n) is 3.45. The van der Waals surface area contributed by atoms with E-state index < -0.39 is 0 Å². The molecule has 26 heavy (non-hydrogen) atoms. The Labute approximate surface area is 157 Å². The van der Waals surface area contributed by atoms with Crippen molar-refractivity contribution in [1.82, 2.24) is 10.6 Å². The topological polar surface area (TPSA) is 82.0 Å². The van der Waals surface area contributed by atoms with Crippen molar-refractivity contribution < 1.29 is 9.59 Å². The van der Waals surface area contributed by atoms with Gasteiger partial charge in [0.2, 0.25) is 5.91 Å². The van der Waals surface area contributed by atoms with Crippen LogP contribution in [0, 0.1) is 11.3 Å². The summed E-state index contributed by atoms with van der Waals surface area (Å²) < 4.78 is 0. The Morgan fingerprint density at radius 2 is 1.73 bits per heavy atom. The molecule has 0 heterocycles. The van der Waals surface area contributed by atoms with Gasteiger partial charge < -0.3 is 10.6 Å². The van der Waals surface area contributed by atoms with E-state index in [0.717, 1.165) is 9.79 Å². The van der Waals surface area contributed by atoms with Crippen molar-refractivity contribution in [3.8, 4) is 6.07 Å². The van der Waals surface area contributed by atoms with Gasteiger partial charge in [0, 0.05) is 28.8 Å². The smallest absolute Gasteiger partial charge is 0.252 e. The standard InChI is InChI=1S/C20H21N3O2S/c1-14(2)23-19(24)11-12-22-20(25)16-8-4-6-10-18(16)26-17-9-5-3-7-15(17)13-21/h3-10,14H,11-12H2,1-2H3,(H,22,25)(H,23,24). The minimum atomic E-state index is -0.236. The second kappa shape index (κ2) is 9.64. The van der Waals surface area contributed by atoms with Gasteiger partial charge in [-0.15, -0.1) is 0 Å². The maximum absolute atomic E-state index is 12.5. The summed E-state index contributed by atoms with van der Waals surface area (Å²) in [6.45, 7) is 4.05. The first kappa shape index (κ1) is 19.5. The van der Waals surface area contributed by atoms with Crippen LogP contribution in [0.3, 0.4) is 0 Å². The molecule has 2 aromatic rings. The van der Waals surface area contributed by atoms with Gasteiger partial charge in [0.25, 0.3) is 5.91 Å². The van der Waals surface area contributed by atoms with Gasteiger partial charge in [0.1, 0.15) is 6.07 Å². The van der Waals surface area contributed by atoms with E-state index in [1.165, 1.54) is 11.8 Å². The molecule has 134 valence electrons. The fourth-order valence-corrected chi connectivity index (χ4v) is 3.31. The lowest BCUT2D eigenvalue weighted by atomic mass is 10.2. The summed E-state index contributed by atoms with van der Waals surface area (Å²) in [5, 5.41) is 14.8. The van der Waals surface area contributed by atoms with E-state index in [1.54, 1.807) is 18.2 Å². The molecule has 2 N–H and O–H groups in total. The van der Waals surface area contributed by atoms with Gasteiger partial charge in [0.15, 0.2) is 0 Å². The predicted molar refractivity (Wildman–Crippen MR) is 102 cm³/mol. The van der Waals surface area contributed by atoms with Crippen molar-refractivity contribution in [3.05, 3.63) is 59.7 Å². The number of hydrogen-bond donors (Lipinski definition) is 2. The van der Waals surface area contributed by atoms with Crippen molar-refractivity contribution in [2.75, 3.05) is 6.54 Å². The molecule has 0 aliphatic heterocycles. The lowest BCUT2D eigenvalue weighted by Gasteiger charge is -2.11. The van der Waals surface area contributed by atoms with Gasteiger partial charge in [0.05, 0.1) is 11.1 Å². The highest BCUT2D eigenvalue weighted by Crippen LogP contribution is 2.32. The van der Waals surface area contributed by atoms with Crippen molar-refractivity contribution in [3.63, 3.8) is 0 Å². The molecule has 0 spiro atoms. The fraction of sp³-hybridized carbons (Fsp3) is 0.250. The summed E-state index contributed by atoms with van der Waals surface area (Å²) in [6.07, 6.45) is 0.233. The van der Waals surface area contributed by atoms with Crippen molar-refractivity contribution in [2.45, 2.75) is 36.1 Å². The molecule has 0 unspecified atom stereocenters. The van der Waals surface area contributed by atoms with E-state index >= 15 is 0 Å². The number of carbonyl (C=O) groups is 2. The summed E-state index contributed by atoms with van der Waals surface area (Å²) >= 11 is 1.38. The van der Waals surface area contributed by atoms with Crippen LogP contribution in [0.1, 0.15) is 36.2 Å². The molecule has 6 heteroatoms. The van der Waals surface area contributed by atoms with Crippen molar-refractivity contribution in [1.29, 1.82) is 5.26 Å². The molecule has 0 bridgehead atoms. The maximum atomic E-state index is 12.5. The molecule has 0 aliphatic carbocycles. The lowest BCUT2D eigenvalue weighted by Crippen LogP contribution is -2.34. The summed E-state index contributed by atoms with van der Waals surface area (Å²) in [4.78, 5) is 25.7. The second-order valence-electron chi connectivity index (χ2n) is 5.93. The quantitative estimate of drug-likeness (QED) is 0.786. The van der Waals surface area contributed by atoms with Gasteiger partial charge >= 0.3 is 0 Å². The largest absolute Gasteiger partial charge is 0.354 e. The van der Waals surface area contributed by atoms with E-state index in [4.69, 9.17) is 0 Å². The average Bonchev–Trinajstić information content (AvgIpc) is 2.62. The van der Waals surface area contributed by atoms with Crippen molar-refractivity contribution in [2.24, 2.45) is 0 Å². The molecule has 0 aromatic heterocycles. The Bertz CT molecular complexity index is 828. The van der Waals surface area contributed by atoms with E-state index in [2.05, 4.69) is 16.7 Å². The zero-order valence-electron chi connectivity index (χ0n) is 14.8. The van der Waals surface area contributed by atoms with E-state index in [0.29, 0.717) is 11.1 Å². The molecule has 0 atom stereocenters. The maximum Gasteiger partial charge on any atom is 0.252 e. The summed E-state index contributed by atoms with van der Waals surface area (Å²) in [5.74, 6) is -0.328. The van der Waals surface area contributed by atoms with Crippen LogP contribution in [0.25, 0.3) is 0 Å². The Kier molecular flexibility index (Phi) is 7.24. The van der Waals surface area contributed by atoms with Crippen LogP contribution >= 0.6 is 11.8 Å². The summed E-state index contributed by atoms with van der Waals surface area (Å²) in [5.41, 5.74) is 1.09. The Morgan fingerprint density at radius 3 is 2.42 bits per heavy atom. The van der Waals surface area contributed by atoms with Crippen LogP contribution in [0.5, 0.6) is 0 Å². The number of amides is 2. The van der Waals surface area contributed by atoms with Crippen LogP contribution in [0.15, 0.2) is 58.3 Å². The number of rotatable bonds is 7. The molecule has 2 aromatic carbocycles. The number of nitrogens with zero attached hydrogens (tertiary/aromatic N) is 1. The summed E-state index contributed by atoms with van der Waals surface area (Å²) in [6, 6.07) is 16.7. The molecule has 0 saturated heterocycles. The van der Waals surface area contributed by atoms with E-state index in [1.807, 2.05) is 44.2 Å². The summed E-state index contributed by atoms with van der Waals surface area (Å²) in [7, 11) is 0. The number of nitrogens with one attached hydrogen (secondary N) is 2. The predicted octanol–water partition coefficient (Wildman–Crippen LogP) is 3.35. The molecular weight excluding hydrogens is 346 g/mol. The number of nitriles is 1.